The zero-order valence-corrected chi connectivity index (χ0v) is 8.57. The van der Waals surface area contributed by atoms with Gasteiger partial charge in [0.1, 0.15) is 0 Å². The van der Waals surface area contributed by atoms with Crippen molar-refractivity contribution < 1.29 is 0 Å². The first kappa shape index (κ1) is 10.7. The number of pyridine rings is 1. The molecule has 0 aromatic carbocycles. The Morgan fingerprint density at radius 1 is 1.50 bits per heavy atom. The molecule has 0 aliphatic rings. The van der Waals surface area contributed by atoms with Crippen molar-refractivity contribution in [2.24, 2.45) is 0 Å². The molecular formula is C11H15N3. The highest BCUT2D eigenvalue weighted by Gasteiger charge is 2.09. The zero-order valence-electron chi connectivity index (χ0n) is 8.57. The van der Waals surface area contributed by atoms with E-state index in [2.05, 4.69) is 23.3 Å². The number of nitrogens with one attached hydrogen (secondary N) is 1. The Balaban J connectivity index is 2.59. The third-order valence-electron chi connectivity index (χ3n) is 2.22. The van der Waals surface area contributed by atoms with E-state index in [9.17, 15) is 0 Å². The first-order valence-corrected chi connectivity index (χ1v) is 4.83. The molecule has 1 aromatic heterocycles. The van der Waals surface area contributed by atoms with Gasteiger partial charge in [-0.05, 0) is 31.0 Å². The van der Waals surface area contributed by atoms with Gasteiger partial charge < -0.3 is 0 Å². The SMILES string of the molecule is CCC(C#N)NC(C)c1ccncc1. The van der Waals surface area contributed by atoms with Gasteiger partial charge in [0.2, 0.25) is 0 Å². The minimum atomic E-state index is -0.0711. The highest BCUT2D eigenvalue weighted by atomic mass is 14.9. The Morgan fingerprint density at radius 3 is 2.64 bits per heavy atom. The fraction of sp³-hybridized carbons (Fsp3) is 0.455. The molecule has 1 N–H and O–H groups in total. The van der Waals surface area contributed by atoms with E-state index in [1.54, 1.807) is 12.4 Å². The van der Waals surface area contributed by atoms with Gasteiger partial charge in [-0.3, -0.25) is 10.3 Å². The lowest BCUT2D eigenvalue weighted by Gasteiger charge is -2.16. The Morgan fingerprint density at radius 2 is 2.14 bits per heavy atom. The molecule has 0 aliphatic heterocycles. The maximum absolute atomic E-state index is 8.80. The molecule has 3 nitrogen and oxygen atoms in total. The smallest absolute Gasteiger partial charge is 0.0954 e. The number of nitriles is 1. The fourth-order valence-corrected chi connectivity index (χ4v) is 1.30. The average molecular weight is 189 g/mol. The van der Waals surface area contributed by atoms with Gasteiger partial charge in [0.05, 0.1) is 12.1 Å². The first-order chi connectivity index (χ1) is 6.77. The molecule has 0 saturated carbocycles. The molecule has 0 spiro atoms. The molecule has 0 saturated heterocycles. The number of nitrogens with zero attached hydrogens (tertiary/aromatic N) is 2. The zero-order chi connectivity index (χ0) is 10.4. The summed E-state index contributed by atoms with van der Waals surface area (Å²) in [4.78, 5) is 3.95. The third kappa shape index (κ3) is 2.82. The van der Waals surface area contributed by atoms with Crippen LogP contribution in [-0.4, -0.2) is 11.0 Å². The van der Waals surface area contributed by atoms with Gasteiger partial charge >= 0.3 is 0 Å². The molecule has 2 atom stereocenters. The van der Waals surface area contributed by atoms with Crippen molar-refractivity contribution >= 4 is 0 Å². The Hall–Kier alpha value is -1.40. The van der Waals surface area contributed by atoms with Crippen molar-refractivity contribution in [1.29, 1.82) is 5.26 Å². The van der Waals surface area contributed by atoms with E-state index < -0.39 is 0 Å². The number of hydrogen-bond acceptors (Lipinski definition) is 3. The summed E-state index contributed by atoms with van der Waals surface area (Å²) in [5.74, 6) is 0. The van der Waals surface area contributed by atoms with Crippen LogP contribution in [0, 0.1) is 11.3 Å². The Kier molecular flexibility index (Phi) is 4.09. The molecule has 74 valence electrons. The summed E-state index contributed by atoms with van der Waals surface area (Å²) >= 11 is 0. The maximum Gasteiger partial charge on any atom is 0.0954 e. The van der Waals surface area contributed by atoms with Gasteiger partial charge in [-0.15, -0.1) is 0 Å². The second-order valence-corrected chi connectivity index (χ2v) is 3.26. The molecule has 0 aliphatic carbocycles. The Bertz CT molecular complexity index is 302. The van der Waals surface area contributed by atoms with E-state index in [1.807, 2.05) is 19.1 Å². The van der Waals surface area contributed by atoms with Crippen LogP contribution in [0.25, 0.3) is 0 Å². The van der Waals surface area contributed by atoms with Gasteiger partial charge in [0.15, 0.2) is 0 Å². The summed E-state index contributed by atoms with van der Waals surface area (Å²) in [5, 5.41) is 12.0. The standard InChI is InChI=1S/C11H15N3/c1-3-11(8-12)14-9(2)10-4-6-13-7-5-10/h4-7,9,11,14H,3H2,1-2H3. The van der Waals surface area contributed by atoms with Gasteiger partial charge in [-0.2, -0.15) is 5.26 Å². The molecule has 0 bridgehead atoms. The molecule has 1 rings (SSSR count). The minimum Gasteiger partial charge on any atom is -0.295 e. The normalized spacial score (nSPS) is 14.4. The third-order valence-corrected chi connectivity index (χ3v) is 2.22. The number of rotatable bonds is 4. The number of hydrogen-bond donors (Lipinski definition) is 1. The van der Waals surface area contributed by atoms with Crippen LogP contribution in [0.5, 0.6) is 0 Å². The van der Waals surface area contributed by atoms with Crippen LogP contribution in [0.4, 0.5) is 0 Å². The Labute approximate surface area is 84.8 Å². The van der Waals surface area contributed by atoms with Crippen LogP contribution in [0.1, 0.15) is 31.9 Å². The van der Waals surface area contributed by atoms with Crippen LogP contribution in [0.15, 0.2) is 24.5 Å². The van der Waals surface area contributed by atoms with Crippen molar-refractivity contribution in [1.82, 2.24) is 10.3 Å². The van der Waals surface area contributed by atoms with Crippen molar-refractivity contribution in [3.8, 4) is 6.07 Å². The van der Waals surface area contributed by atoms with Crippen LogP contribution in [0.2, 0.25) is 0 Å². The van der Waals surface area contributed by atoms with Gasteiger partial charge in [0, 0.05) is 18.4 Å². The average Bonchev–Trinajstić information content (AvgIpc) is 2.26. The van der Waals surface area contributed by atoms with E-state index in [-0.39, 0.29) is 12.1 Å². The van der Waals surface area contributed by atoms with E-state index in [0.717, 1.165) is 12.0 Å². The highest BCUT2D eigenvalue weighted by Crippen LogP contribution is 2.11. The topological polar surface area (TPSA) is 48.7 Å². The summed E-state index contributed by atoms with van der Waals surface area (Å²) in [6, 6.07) is 6.27. The van der Waals surface area contributed by atoms with Gasteiger partial charge in [-0.1, -0.05) is 6.92 Å². The lowest BCUT2D eigenvalue weighted by atomic mass is 10.1. The van der Waals surface area contributed by atoms with Gasteiger partial charge in [0.25, 0.3) is 0 Å². The molecule has 2 unspecified atom stereocenters. The fourth-order valence-electron chi connectivity index (χ4n) is 1.30. The quantitative estimate of drug-likeness (QED) is 0.788. The van der Waals surface area contributed by atoms with Crippen LogP contribution >= 0.6 is 0 Å². The summed E-state index contributed by atoms with van der Waals surface area (Å²) in [6.45, 7) is 4.05. The molecule has 0 radical (unpaired) electrons. The lowest BCUT2D eigenvalue weighted by molar-refractivity contribution is 0.508. The van der Waals surface area contributed by atoms with Crippen molar-refractivity contribution in [2.45, 2.75) is 32.4 Å². The largest absolute Gasteiger partial charge is 0.295 e. The van der Waals surface area contributed by atoms with Crippen molar-refractivity contribution in [3.05, 3.63) is 30.1 Å². The summed E-state index contributed by atoms with van der Waals surface area (Å²) in [7, 11) is 0. The lowest BCUT2D eigenvalue weighted by Crippen LogP contribution is -2.29. The summed E-state index contributed by atoms with van der Waals surface area (Å²) in [5.41, 5.74) is 1.16. The van der Waals surface area contributed by atoms with E-state index in [4.69, 9.17) is 5.26 Å². The second-order valence-electron chi connectivity index (χ2n) is 3.26. The van der Waals surface area contributed by atoms with Crippen LogP contribution in [0.3, 0.4) is 0 Å². The van der Waals surface area contributed by atoms with Gasteiger partial charge in [-0.25, -0.2) is 0 Å². The monoisotopic (exact) mass is 189 g/mol. The van der Waals surface area contributed by atoms with E-state index >= 15 is 0 Å². The van der Waals surface area contributed by atoms with Crippen LogP contribution < -0.4 is 5.32 Å². The first-order valence-electron chi connectivity index (χ1n) is 4.83. The summed E-state index contributed by atoms with van der Waals surface area (Å²) in [6.07, 6.45) is 4.35. The second kappa shape index (κ2) is 5.36. The number of aromatic nitrogens is 1. The molecular weight excluding hydrogens is 174 g/mol. The molecule has 1 heterocycles. The molecule has 0 fully saturated rings. The van der Waals surface area contributed by atoms with Crippen LogP contribution in [-0.2, 0) is 0 Å². The maximum atomic E-state index is 8.80. The molecule has 1 aromatic rings. The van der Waals surface area contributed by atoms with Crippen molar-refractivity contribution in [3.63, 3.8) is 0 Å². The van der Waals surface area contributed by atoms with Crippen molar-refractivity contribution in [2.75, 3.05) is 0 Å². The predicted molar refractivity (Wildman–Crippen MR) is 55.5 cm³/mol. The van der Waals surface area contributed by atoms with E-state index in [0.29, 0.717) is 0 Å². The minimum absolute atomic E-state index is 0.0711. The molecule has 0 amide bonds. The predicted octanol–water partition coefficient (Wildman–Crippen LogP) is 2.03. The molecule has 14 heavy (non-hydrogen) atoms. The summed E-state index contributed by atoms with van der Waals surface area (Å²) < 4.78 is 0. The highest BCUT2D eigenvalue weighted by molar-refractivity contribution is 5.14. The van der Waals surface area contributed by atoms with E-state index in [1.165, 1.54) is 0 Å². The molecule has 3 heteroatoms.